The van der Waals surface area contributed by atoms with E-state index < -0.39 is 17.6 Å². The third-order valence-corrected chi connectivity index (χ3v) is 5.46. The van der Waals surface area contributed by atoms with Gasteiger partial charge in [0.15, 0.2) is 0 Å². The van der Waals surface area contributed by atoms with Crippen LogP contribution in [0.2, 0.25) is 5.15 Å². The van der Waals surface area contributed by atoms with Gasteiger partial charge in [-0.15, -0.1) is 0 Å². The number of hydrogen-bond acceptors (Lipinski definition) is 4. The Kier molecular flexibility index (Phi) is 9.76. The zero-order valence-corrected chi connectivity index (χ0v) is 18.5. The van der Waals surface area contributed by atoms with Gasteiger partial charge in [0.25, 0.3) is 0 Å². The molecule has 0 saturated carbocycles. The van der Waals surface area contributed by atoms with Crippen LogP contribution in [-0.4, -0.2) is 47.5 Å². The molecule has 1 aromatic carbocycles. The molecule has 0 bridgehead atoms. The highest BCUT2D eigenvalue weighted by Crippen LogP contribution is 2.37. The van der Waals surface area contributed by atoms with Gasteiger partial charge in [0.05, 0.1) is 16.6 Å². The van der Waals surface area contributed by atoms with Gasteiger partial charge in [0.1, 0.15) is 23.3 Å². The number of anilines is 1. The van der Waals surface area contributed by atoms with Crippen LogP contribution in [0, 0.1) is 11.7 Å². The smallest absolute Gasteiger partial charge is 0.384 e. The number of halogens is 6. The summed E-state index contributed by atoms with van der Waals surface area (Å²) in [6.45, 7) is 2.65. The molecule has 2 heterocycles. The van der Waals surface area contributed by atoms with Gasteiger partial charge in [0.2, 0.25) is 5.91 Å². The van der Waals surface area contributed by atoms with Gasteiger partial charge in [0, 0.05) is 32.9 Å². The van der Waals surface area contributed by atoms with Crippen molar-refractivity contribution in [3.8, 4) is 0 Å². The molecule has 2 aromatic rings. The van der Waals surface area contributed by atoms with E-state index in [-0.39, 0.29) is 24.1 Å². The summed E-state index contributed by atoms with van der Waals surface area (Å²) < 4.78 is 54.2. The SMILES string of the molecule is C=O.CN1CC[C@@H](CNc2cccc(F)c2C(F)(F)F)C1=O.Cn1ncc(Br)c1Cl. The second-order valence-corrected chi connectivity index (χ2v) is 7.41. The van der Waals surface area contributed by atoms with Gasteiger partial charge in [-0.05, 0) is 34.5 Å². The predicted molar refractivity (Wildman–Crippen MR) is 109 cm³/mol. The number of aryl methyl sites for hydroxylation is 1. The molecule has 1 aliphatic rings. The van der Waals surface area contributed by atoms with Crippen molar-refractivity contribution in [1.29, 1.82) is 0 Å². The van der Waals surface area contributed by atoms with Crippen LogP contribution in [-0.2, 0) is 22.8 Å². The van der Waals surface area contributed by atoms with Gasteiger partial charge in [-0.3, -0.25) is 9.48 Å². The number of hydrogen-bond donors (Lipinski definition) is 1. The summed E-state index contributed by atoms with van der Waals surface area (Å²) >= 11 is 8.85. The predicted octanol–water partition coefficient (Wildman–Crippen LogP) is 4.39. The maximum Gasteiger partial charge on any atom is 0.421 e. The average molecular weight is 516 g/mol. The molecule has 166 valence electrons. The monoisotopic (exact) mass is 514 g/mol. The Morgan fingerprint density at radius 2 is 1.97 bits per heavy atom. The topological polar surface area (TPSA) is 67.2 Å². The first-order valence-corrected chi connectivity index (χ1v) is 9.66. The van der Waals surface area contributed by atoms with E-state index in [0.717, 1.165) is 16.6 Å². The number of aromatic nitrogens is 2. The standard InChI is InChI=1S/C13H14F4N2O.C4H4BrClN2.CH2O/c1-19-6-5-8(12(19)20)7-18-10-4-2-3-9(14)11(10)13(15,16)17;1-8-4(6)3(5)2-7-8;1-2/h2-4,8,18H,5-7H2,1H3;2H,1H3;1H2/t8-;;/m0../s1. The molecule has 0 spiro atoms. The van der Waals surface area contributed by atoms with Crippen LogP contribution in [0.25, 0.3) is 0 Å². The number of likely N-dealkylation sites (tertiary alicyclic amines) is 1. The van der Waals surface area contributed by atoms with Gasteiger partial charge < -0.3 is 15.0 Å². The first-order chi connectivity index (χ1) is 14.0. The van der Waals surface area contributed by atoms with Gasteiger partial charge in [-0.25, -0.2) is 4.39 Å². The lowest BCUT2D eigenvalue weighted by molar-refractivity contribution is -0.139. The van der Waals surface area contributed by atoms with E-state index in [4.69, 9.17) is 16.4 Å². The second-order valence-electron chi connectivity index (χ2n) is 6.19. The third-order valence-electron chi connectivity index (χ3n) is 4.20. The van der Waals surface area contributed by atoms with Crippen LogP contribution >= 0.6 is 27.5 Å². The minimum atomic E-state index is -4.77. The molecule has 1 amide bonds. The first kappa shape index (κ1) is 25.9. The zero-order chi connectivity index (χ0) is 23.1. The molecule has 1 atom stereocenters. The number of carbonyl (C=O) groups is 2. The lowest BCUT2D eigenvalue weighted by Gasteiger charge is -2.17. The molecular weight excluding hydrogens is 496 g/mol. The van der Waals surface area contributed by atoms with Crippen molar-refractivity contribution in [2.45, 2.75) is 12.6 Å². The Morgan fingerprint density at radius 3 is 2.37 bits per heavy atom. The van der Waals surface area contributed by atoms with E-state index in [1.807, 2.05) is 6.79 Å². The number of nitrogens with one attached hydrogen (secondary N) is 1. The average Bonchev–Trinajstić information content (AvgIpc) is 3.17. The molecule has 1 aromatic heterocycles. The molecule has 0 radical (unpaired) electrons. The van der Waals surface area contributed by atoms with E-state index >= 15 is 0 Å². The summed E-state index contributed by atoms with van der Waals surface area (Å²) in [5.74, 6) is -1.80. The summed E-state index contributed by atoms with van der Waals surface area (Å²) in [6, 6.07) is 3.13. The van der Waals surface area contributed by atoms with Crippen molar-refractivity contribution < 1.29 is 27.2 Å². The highest BCUT2D eigenvalue weighted by Gasteiger charge is 2.37. The van der Waals surface area contributed by atoms with E-state index in [1.165, 1.54) is 11.0 Å². The van der Waals surface area contributed by atoms with Crippen LogP contribution in [0.1, 0.15) is 12.0 Å². The molecule has 1 fully saturated rings. The Morgan fingerprint density at radius 1 is 1.33 bits per heavy atom. The number of benzene rings is 1. The highest BCUT2D eigenvalue weighted by atomic mass is 79.9. The lowest BCUT2D eigenvalue weighted by atomic mass is 10.1. The largest absolute Gasteiger partial charge is 0.421 e. The number of carbonyl (C=O) groups excluding carboxylic acids is 2. The summed E-state index contributed by atoms with van der Waals surface area (Å²) in [4.78, 5) is 21.2. The second kappa shape index (κ2) is 11.3. The Balaban J connectivity index is 0.000000375. The molecule has 0 unspecified atom stereocenters. The number of nitrogens with zero attached hydrogens (tertiary/aromatic N) is 3. The van der Waals surface area contributed by atoms with Crippen molar-refractivity contribution in [2.24, 2.45) is 13.0 Å². The quantitative estimate of drug-likeness (QED) is 0.616. The fourth-order valence-corrected chi connectivity index (χ4v) is 3.11. The van der Waals surface area contributed by atoms with Crippen LogP contribution < -0.4 is 5.32 Å². The maximum atomic E-state index is 13.4. The van der Waals surface area contributed by atoms with E-state index in [1.54, 1.807) is 25.0 Å². The Labute approximate surface area is 184 Å². The van der Waals surface area contributed by atoms with Crippen molar-refractivity contribution in [3.63, 3.8) is 0 Å². The zero-order valence-electron chi connectivity index (χ0n) is 16.1. The molecule has 6 nitrogen and oxygen atoms in total. The summed E-state index contributed by atoms with van der Waals surface area (Å²) in [5, 5.41) is 7.03. The molecule has 3 rings (SSSR count). The van der Waals surface area contributed by atoms with Crippen LogP contribution in [0.15, 0.2) is 28.9 Å². The first-order valence-electron chi connectivity index (χ1n) is 8.48. The summed E-state index contributed by atoms with van der Waals surface area (Å²) in [5.41, 5.74) is -1.65. The van der Waals surface area contributed by atoms with Crippen LogP contribution in [0.5, 0.6) is 0 Å². The van der Waals surface area contributed by atoms with Crippen molar-refractivity contribution in [1.82, 2.24) is 14.7 Å². The lowest BCUT2D eigenvalue weighted by Crippen LogP contribution is -2.27. The summed E-state index contributed by atoms with van der Waals surface area (Å²) in [7, 11) is 3.43. The molecule has 1 N–H and O–H groups in total. The van der Waals surface area contributed by atoms with E-state index in [0.29, 0.717) is 18.1 Å². The minimum Gasteiger partial charge on any atom is -0.384 e. The Bertz CT molecular complexity index is 844. The molecular formula is C18H20BrClF4N4O2. The molecule has 12 heteroatoms. The molecule has 30 heavy (non-hydrogen) atoms. The number of rotatable bonds is 3. The van der Waals surface area contributed by atoms with Crippen molar-refractivity contribution in [3.05, 3.63) is 45.4 Å². The fraction of sp³-hybridized carbons (Fsp3) is 0.389. The van der Waals surface area contributed by atoms with Crippen LogP contribution in [0.3, 0.4) is 0 Å². The van der Waals surface area contributed by atoms with E-state index in [9.17, 15) is 22.4 Å². The van der Waals surface area contributed by atoms with Gasteiger partial charge in [-0.2, -0.15) is 18.3 Å². The fourth-order valence-electron chi connectivity index (χ4n) is 2.67. The Hall–Kier alpha value is -2.14. The van der Waals surface area contributed by atoms with E-state index in [2.05, 4.69) is 26.3 Å². The third kappa shape index (κ3) is 6.69. The maximum absolute atomic E-state index is 13.4. The normalized spacial score (nSPS) is 15.8. The molecule has 1 aliphatic heterocycles. The molecule has 0 aliphatic carbocycles. The molecule has 1 saturated heterocycles. The number of alkyl halides is 3. The number of amides is 1. The van der Waals surface area contributed by atoms with Gasteiger partial charge in [-0.1, -0.05) is 17.7 Å². The van der Waals surface area contributed by atoms with Gasteiger partial charge >= 0.3 is 6.18 Å². The minimum absolute atomic E-state index is 0.0652. The van der Waals surface area contributed by atoms with Crippen molar-refractivity contribution >= 4 is 45.9 Å². The highest BCUT2D eigenvalue weighted by molar-refractivity contribution is 9.10. The van der Waals surface area contributed by atoms with Crippen LogP contribution in [0.4, 0.5) is 23.2 Å². The van der Waals surface area contributed by atoms with Crippen molar-refractivity contribution in [2.75, 3.05) is 25.5 Å². The summed E-state index contributed by atoms with van der Waals surface area (Å²) in [6.07, 6.45) is -2.54.